The zero-order valence-corrected chi connectivity index (χ0v) is 18.3. The Balaban J connectivity index is 2.19. The molecule has 0 unspecified atom stereocenters. The van der Waals surface area contributed by atoms with Crippen LogP contribution in [0.1, 0.15) is 52.5 Å². The minimum Gasteiger partial charge on any atom is -0.413 e. The van der Waals surface area contributed by atoms with Gasteiger partial charge in [-0.3, -0.25) is 0 Å². The third kappa shape index (κ3) is 4.53. The minimum atomic E-state index is -1.58. The smallest absolute Gasteiger partial charge is 0.193 e. The van der Waals surface area contributed by atoms with Gasteiger partial charge in [-0.25, -0.2) is 0 Å². The van der Waals surface area contributed by atoms with Crippen molar-refractivity contribution in [1.29, 1.82) is 0 Å². The highest BCUT2D eigenvalue weighted by molar-refractivity contribution is 9.10. The molecule has 2 rings (SSSR count). The van der Waals surface area contributed by atoms with Crippen LogP contribution in [0.15, 0.2) is 28.9 Å². The van der Waals surface area contributed by atoms with E-state index in [9.17, 15) is 0 Å². The lowest BCUT2D eigenvalue weighted by atomic mass is 10.2. The molecule has 24 heavy (non-hydrogen) atoms. The normalized spacial score (nSPS) is 12.2. The monoisotopic (exact) mass is 409 g/mol. The standard InChI is InChI=1S/C20H32BrNOSi/c1-5-11-24(12-6-2,13-7-3)23-16-17-9-10-20-18(14-17)19(21)15-22(20)8-4/h9-10,14-15H,5-8,11-13,16H2,1-4H3. The molecule has 0 spiro atoms. The molecule has 0 aliphatic carbocycles. The molecule has 0 radical (unpaired) electrons. The van der Waals surface area contributed by atoms with Crippen LogP contribution in [0, 0.1) is 0 Å². The summed E-state index contributed by atoms with van der Waals surface area (Å²) in [5, 5.41) is 1.30. The van der Waals surface area contributed by atoms with Gasteiger partial charge in [0.1, 0.15) is 0 Å². The molecular formula is C20H32BrNOSi. The second kappa shape index (κ2) is 9.21. The van der Waals surface area contributed by atoms with E-state index in [0.717, 1.165) is 13.2 Å². The molecule has 2 nitrogen and oxygen atoms in total. The zero-order chi connectivity index (χ0) is 17.6. The predicted molar refractivity (Wildman–Crippen MR) is 111 cm³/mol. The Hall–Kier alpha value is -0.583. The summed E-state index contributed by atoms with van der Waals surface area (Å²) >= 11 is 3.70. The maximum Gasteiger partial charge on any atom is 0.193 e. The van der Waals surface area contributed by atoms with Gasteiger partial charge in [0.05, 0.1) is 6.61 Å². The van der Waals surface area contributed by atoms with E-state index >= 15 is 0 Å². The summed E-state index contributed by atoms with van der Waals surface area (Å²) in [5.41, 5.74) is 2.60. The number of nitrogens with zero attached hydrogens (tertiary/aromatic N) is 1. The van der Waals surface area contributed by atoms with Crippen LogP contribution in [0.3, 0.4) is 0 Å². The SMILES string of the molecule is CCC[Si](CCC)(CCC)OCc1ccc2c(c1)c(Br)cn2CC. The summed E-state index contributed by atoms with van der Waals surface area (Å²) in [4.78, 5) is 0. The Kier molecular flexibility index (Phi) is 7.57. The Morgan fingerprint density at radius 3 is 2.17 bits per heavy atom. The van der Waals surface area contributed by atoms with Crippen LogP contribution in [0.25, 0.3) is 10.9 Å². The Morgan fingerprint density at radius 1 is 1.00 bits per heavy atom. The van der Waals surface area contributed by atoms with Crippen LogP contribution >= 0.6 is 15.9 Å². The van der Waals surface area contributed by atoms with Crippen molar-refractivity contribution in [3.8, 4) is 0 Å². The number of rotatable bonds is 10. The molecule has 0 amide bonds. The van der Waals surface area contributed by atoms with Gasteiger partial charge in [0.2, 0.25) is 0 Å². The van der Waals surface area contributed by atoms with E-state index in [2.05, 4.69) is 72.6 Å². The van der Waals surface area contributed by atoms with Crippen LogP contribution in [0.2, 0.25) is 18.1 Å². The third-order valence-corrected chi connectivity index (χ3v) is 10.5. The first-order chi connectivity index (χ1) is 11.6. The molecule has 0 aliphatic heterocycles. The number of hydrogen-bond acceptors (Lipinski definition) is 1. The number of benzene rings is 1. The van der Waals surface area contributed by atoms with Crippen molar-refractivity contribution in [2.75, 3.05) is 0 Å². The lowest BCUT2D eigenvalue weighted by Crippen LogP contribution is -2.37. The van der Waals surface area contributed by atoms with Gasteiger partial charge in [0.15, 0.2) is 8.32 Å². The molecule has 2 aromatic rings. The van der Waals surface area contributed by atoms with Crippen molar-refractivity contribution in [1.82, 2.24) is 4.57 Å². The molecule has 0 saturated carbocycles. The van der Waals surface area contributed by atoms with Crippen LogP contribution < -0.4 is 0 Å². The number of fused-ring (bicyclic) bond motifs is 1. The lowest BCUT2D eigenvalue weighted by molar-refractivity contribution is 0.283. The van der Waals surface area contributed by atoms with E-state index in [1.54, 1.807) is 0 Å². The summed E-state index contributed by atoms with van der Waals surface area (Å²) in [5.74, 6) is 0. The number of aryl methyl sites for hydroxylation is 1. The lowest BCUT2D eigenvalue weighted by Gasteiger charge is -2.31. The summed E-state index contributed by atoms with van der Waals surface area (Å²) in [6.45, 7) is 10.8. The quantitative estimate of drug-likeness (QED) is 0.381. The molecule has 134 valence electrons. The average Bonchev–Trinajstić information content (AvgIpc) is 2.90. The molecule has 1 aromatic carbocycles. The first kappa shape index (κ1) is 19.7. The highest BCUT2D eigenvalue weighted by Crippen LogP contribution is 2.31. The summed E-state index contributed by atoms with van der Waals surface area (Å²) < 4.78 is 10.1. The zero-order valence-electron chi connectivity index (χ0n) is 15.7. The van der Waals surface area contributed by atoms with Crippen molar-refractivity contribution in [3.63, 3.8) is 0 Å². The summed E-state index contributed by atoms with van der Waals surface area (Å²) in [6.07, 6.45) is 5.92. The molecule has 0 saturated heterocycles. The first-order valence-electron chi connectivity index (χ1n) is 9.50. The number of aromatic nitrogens is 1. The fraction of sp³-hybridized carbons (Fsp3) is 0.600. The van der Waals surface area contributed by atoms with E-state index in [1.807, 2.05) is 0 Å². The maximum absolute atomic E-state index is 6.68. The van der Waals surface area contributed by atoms with Gasteiger partial charge < -0.3 is 8.99 Å². The van der Waals surface area contributed by atoms with Crippen LogP contribution in [0.4, 0.5) is 0 Å². The van der Waals surface area contributed by atoms with Crippen molar-refractivity contribution in [2.45, 2.75) is 78.2 Å². The Morgan fingerprint density at radius 2 is 1.62 bits per heavy atom. The molecule has 0 fully saturated rings. The number of halogens is 1. The molecule has 0 atom stereocenters. The van der Waals surface area contributed by atoms with E-state index in [1.165, 1.54) is 58.3 Å². The fourth-order valence-electron chi connectivity index (χ4n) is 3.85. The Bertz CT molecular complexity index is 635. The van der Waals surface area contributed by atoms with Gasteiger partial charge in [0.25, 0.3) is 0 Å². The molecular weight excluding hydrogens is 378 g/mol. The highest BCUT2D eigenvalue weighted by atomic mass is 79.9. The second-order valence-corrected chi connectivity index (χ2v) is 11.8. The average molecular weight is 410 g/mol. The van der Waals surface area contributed by atoms with E-state index in [4.69, 9.17) is 4.43 Å². The fourth-order valence-corrected chi connectivity index (χ4v) is 8.80. The van der Waals surface area contributed by atoms with Gasteiger partial charge >= 0.3 is 0 Å². The molecule has 4 heteroatoms. The van der Waals surface area contributed by atoms with E-state index in [-0.39, 0.29) is 0 Å². The van der Waals surface area contributed by atoms with Gasteiger partial charge in [0, 0.05) is 28.1 Å². The van der Waals surface area contributed by atoms with Gasteiger partial charge in [-0.2, -0.15) is 0 Å². The van der Waals surface area contributed by atoms with E-state index < -0.39 is 8.32 Å². The van der Waals surface area contributed by atoms with Crippen molar-refractivity contribution in [2.24, 2.45) is 0 Å². The van der Waals surface area contributed by atoms with Crippen LogP contribution in [-0.4, -0.2) is 12.9 Å². The molecule has 0 aliphatic rings. The first-order valence-corrected chi connectivity index (χ1v) is 12.8. The van der Waals surface area contributed by atoms with Gasteiger partial charge in [-0.05, 0) is 58.7 Å². The topological polar surface area (TPSA) is 14.2 Å². The van der Waals surface area contributed by atoms with Crippen molar-refractivity contribution in [3.05, 3.63) is 34.4 Å². The van der Waals surface area contributed by atoms with Gasteiger partial charge in [-0.15, -0.1) is 0 Å². The second-order valence-electron chi connectivity index (χ2n) is 6.84. The van der Waals surface area contributed by atoms with Crippen LogP contribution in [0.5, 0.6) is 0 Å². The predicted octanol–water partition coefficient (Wildman–Crippen LogP) is 7.12. The maximum atomic E-state index is 6.68. The number of hydrogen-bond donors (Lipinski definition) is 0. The summed E-state index contributed by atoms with van der Waals surface area (Å²) in [7, 11) is -1.58. The molecule has 1 heterocycles. The van der Waals surface area contributed by atoms with Gasteiger partial charge in [-0.1, -0.05) is 46.1 Å². The molecule has 0 N–H and O–H groups in total. The Labute approximate surface area is 156 Å². The van der Waals surface area contributed by atoms with E-state index in [0.29, 0.717) is 0 Å². The summed E-state index contributed by atoms with van der Waals surface area (Å²) in [6, 6.07) is 10.7. The third-order valence-electron chi connectivity index (χ3n) is 4.90. The highest BCUT2D eigenvalue weighted by Gasteiger charge is 2.32. The molecule has 0 bridgehead atoms. The minimum absolute atomic E-state index is 0.770. The van der Waals surface area contributed by atoms with Crippen LogP contribution in [-0.2, 0) is 17.6 Å². The largest absolute Gasteiger partial charge is 0.413 e. The molecule has 1 aromatic heterocycles. The van der Waals surface area contributed by atoms with Crippen molar-refractivity contribution < 1.29 is 4.43 Å². The van der Waals surface area contributed by atoms with Crippen molar-refractivity contribution >= 4 is 35.2 Å².